The van der Waals surface area contributed by atoms with Gasteiger partial charge in [0.2, 0.25) is 0 Å². The summed E-state index contributed by atoms with van der Waals surface area (Å²) in [5.41, 5.74) is 2.83. The van der Waals surface area contributed by atoms with Crippen molar-refractivity contribution in [3.05, 3.63) is 112 Å². The van der Waals surface area contributed by atoms with Crippen molar-refractivity contribution in [2.45, 2.75) is 13.8 Å². The number of carbonyl (C=O) groups excluding carboxylic acids is 1. The number of fused-ring (bicyclic) bond motifs is 1. The van der Waals surface area contributed by atoms with E-state index in [4.69, 9.17) is 5.41 Å². The number of aromatic nitrogens is 2. The molecule has 0 spiro atoms. The summed E-state index contributed by atoms with van der Waals surface area (Å²) in [5.74, 6) is -0.462. The first kappa shape index (κ1) is 23.4. The standard InChI is InChI=1S/C28H24N4O3/c1-17(29)25(18(2)33)20-11-12-23-22(15-20)27(31-21-9-6-14-30-16-21)26(28(35)32-23)24(34)13-10-19-7-4-3-5-8-19/h3-16,29,33H,1-2H3,(H2,31,32,35)/b13-10+,25-18+,29-17?. The molecule has 0 aliphatic carbocycles. The Morgan fingerprint density at radius 3 is 2.51 bits per heavy atom. The van der Waals surface area contributed by atoms with Gasteiger partial charge in [0.25, 0.3) is 5.56 Å². The molecule has 2 aromatic carbocycles. The second-order valence-corrected chi connectivity index (χ2v) is 8.02. The van der Waals surface area contributed by atoms with Crippen LogP contribution in [0, 0.1) is 5.41 Å². The highest BCUT2D eigenvalue weighted by Gasteiger charge is 2.20. The van der Waals surface area contributed by atoms with Crippen LogP contribution in [0.5, 0.6) is 0 Å². The Balaban J connectivity index is 1.94. The molecular weight excluding hydrogens is 440 g/mol. The zero-order valence-corrected chi connectivity index (χ0v) is 19.3. The molecular formula is C28H24N4O3. The third kappa shape index (κ3) is 5.09. The maximum atomic E-state index is 13.3. The normalized spacial score (nSPS) is 11.9. The van der Waals surface area contributed by atoms with E-state index in [-0.39, 0.29) is 17.0 Å². The smallest absolute Gasteiger partial charge is 0.261 e. The van der Waals surface area contributed by atoms with Crippen LogP contribution in [0.1, 0.15) is 35.3 Å². The van der Waals surface area contributed by atoms with Crippen LogP contribution in [0.4, 0.5) is 11.4 Å². The van der Waals surface area contributed by atoms with Crippen molar-refractivity contribution >= 4 is 45.4 Å². The number of carbonyl (C=O) groups is 1. The van der Waals surface area contributed by atoms with Crippen LogP contribution in [0.3, 0.4) is 0 Å². The highest BCUT2D eigenvalue weighted by Crippen LogP contribution is 2.31. The number of hydrogen-bond donors (Lipinski definition) is 4. The predicted molar refractivity (Wildman–Crippen MR) is 141 cm³/mol. The fourth-order valence-electron chi connectivity index (χ4n) is 3.91. The van der Waals surface area contributed by atoms with E-state index in [2.05, 4.69) is 15.3 Å². The lowest BCUT2D eigenvalue weighted by Gasteiger charge is -2.15. The number of hydrogen-bond acceptors (Lipinski definition) is 6. The monoisotopic (exact) mass is 464 g/mol. The number of allylic oxidation sites excluding steroid dienone is 3. The van der Waals surface area contributed by atoms with Gasteiger partial charge in [0.05, 0.1) is 28.8 Å². The Labute approximate surface area is 202 Å². The van der Waals surface area contributed by atoms with E-state index in [1.54, 1.807) is 55.7 Å². The van der Waals surface area contributed by atoms with Gasteiger partial charge in [-0.05, 0) is 55.3 Å². The molecule has 0 fully saturated rings. The number of nitrogens with one attached hydrogen (secondary N) is 3. The molecule has 7 nitrogen and oxygen atoms in total. The van der Waals surface area contributed by atoms with E-state index < -0.39 is 11.3 Å². The molecule has 35 heavy (non-hydrogen) atoms. The van der Waals surface area contributed by atoms with Gasteiger partial charge in [-0.15, -0.1) is 0 Å². The summed E-state index contributed by atoms with van der Waals surface area (Å²) >= 11 is 0. The van der Waals surface area contributed by atoms with Crippen molar-refractivity contribution in [3.63, 3.8) is 0 Å². The number of pyridine rings is 2. The van der Waals surface area contributed by atoms with Gasteiger partial charge in [0.1, 0.15) is 5.56 Å². The number of benzene rings is 2. The molecule has 4 rings (SSSR count). The molecule has 0 unspecified atom stereocenters. The molecule has 0 saturated heterocycles. The van der Waals surface area contributed by atoms with Crippen molar-refractivity contribution < 1.29 is 9.90 Å². The van der Waals surface area contributed by atoms with Gasteiger partial charge in [-0.25, -0.2) is 0 Å². The van der Waals surface area contributed by atoms with Crippen molar-refractivity contribution in [3.8, 4) is 0 Å². The van der Waals surface area contributed by atoms with Crippen molar-refractivity contribution in [2.75, 3.05) is 5.32 Å². The largest absolute Gasteiger partial charge is 0.512 e. The third-order valence-corrected chi connectivity index (χ3v) is 5.44. The van der Waals surface area contributed by atoms with E-state index in [9.17, 15) is 14.7 Å². The van der Waals surface area contributed by atoms with Crippen molar-refractivity contribution in [1.82, 2.24) is 9.97 Å². The highest BCUT2D eigenvalue weighted by atomic mass is 16.3. The fraction of sp³-hybridized carbons (Fsp3) is 0.0714. The molecule has 7 heteroatoms. The van der Waals surface area contributed by atoms with Gasteiger partial charge in [-0.1, -0.05) is 42.5 Å². The second kappa shape index (κ2) is 10.0. The van der Waals surface area contributed by atoms with E-state index in [1.807, 2.05) is 30.3 Å². The quantitative estimate of drug-likeness (QED) is 0.118. The molecule has 2 heterocycles. The zero-order valence-electron chi connectivity index (χ0n) is 19.3. The van der Waals surface area contributed by atoms with Crippen molar-refractivity contribution in [2.24, 2.45) is 0 Å². The average Bonchev–Trinajstić information content (AvgIpc) is 2.84. The van der Waals surface area contributed by atoms with Gasteiger partial charge >= 0.3 is 0 Å². The van der Waals surface area contributed by atoms with Gasteiger partial charge in [-0.2, -0.15) is 0 Å². The first-order chi connectivity index (χ1) is 16.8. The lowest BCUT2D eigenvalue weighted by molar-refractivity contribution is 0.104. The molecule has 0 atom stereocenters. The number of H-pyrrole nitrogens is 1. The molecule has 4 aromatic rings. The fourth-order valence-corrected chi connectivity index (χ4v) is 3.91. The molecule has 0 aliphatic rings. The Kier molecular flexibility index (Phi) is 6.69. The minimum atomic E-state index is -0.531. The Bertz CT molecular complexity index is 1530. The van der Waals surface area contributed by atoms with Gasteiger partial charge in [-0.3, -0.25) is 14.6 Å². The Morgan fingerprint density at radius 2 is 1.86 bits per heavy atom. The number of aromatic amines is 1. The maximum absolute atomic E-state index is 13.3. The summed E-state index contributed by atoms with van der Waals surface area (Å²) in [5, 5.41) is 22.0. The molecule has 174 valence electrons. The summed E-state index contributed by atoms with van der Waals surface area (Å²) in [4.78, 5) is 33.3. The van der Waals surface area contributed by atoms with E-state index in [0.29, 0.717) is 33.4 Å². The second-order valence-electron chi connectivity index (χ2n) is 8.02. The summed E-state index contributed by atoms with van der Waals surface area (Å²) in [7, 11) is 0. The SMILES string of the molecule is CC(=N)/C(=C(/C)O)c1ccc2[nH]c(=O)c(C(=O)/C=C/c3ccccc3)c(Nc3cccnc3)c2c1. The van der Waals surface area contributed by atoms with Crippen LogP contribution in [0.2, 0.25) is 0 Å². The topological polar surface area (TPSA) is 119 Å². The number of aliphatic hydroxyl groups is 1. The first-order valence-corrected chi connectivity index (χ1v) is 11.0. The van der Waals surface area contributed by atoms with Crippen LogP contribution in [-0.2, 0) is 0 Å². The van der Waals surface area contributed by atoms with E-state index in [0.717, 1.165) is 5.56 Å². The molecule has 0 radical (unpaired) electrons. The summed E-state index contributed by atoms with van der Waals surface area (Å²) in [6.07, 6.45) is 6.25. The van der Waals surface area contributed by atoms with E-state index in [1.165, 1.54) is 13.0 Å². The minimum absolute atomic E-state index is 0.00476. The van der Waals surface area contributed by atoms with Crippen LogP contribution < -0.4 is 10.9 Å². The van der Waals surface area contributed by atoms with E-state index >= 15 is 0 Å². The summed E-state index contributed by atoms with van der Waals surface area (Å²) < 4.78 is 0. The first-order valence-electron chi connectivity index (χ1n) is 11.0. The molecule has 2 aromatic heterocycles. The summed E-state index contributed by atoms with van der Waals surface area (Å²) in [6, 6.07) is 18.0. The minimum Gasteiger partial charge on any atom is -0.512 e. The zero-order chi connectivity index (χ0) is 24.9. The van der Waals surface area contributed by atoms with Crippen LogP contribution in [0.25, 0.3) is 22.6 Å². The van der Waals surface area contributed by atoms with Crippen LogP contribution in [-0.4, -0.2) is 26.6 Å². The Hall–Kier alpha value is -4.78. The average molecular weight is 465 g/mol. The third-order valence-electron chi connectivity index (χ3n) is 5.44. The summed E-state index contributed by atoms with van der Waals surface area (Å²) in [6.45, 7) is 3.10. The molecule has 0 aliphatic heterocycles. The number of ketones is 1. The molecule has 4 N–H and O–H groups in total. The predicted octanol–water partition coefficient (Wildman–Crippen LogP) is 5.89. The van der Waals surface area contributed by atoms with Crippen LogP contribution >= 0.6 is 0 Å². The van der Waals surface area contributed by atoms with Gasteiger partial charge in [0.15, 0.2) is 5.78 Å². The van der Waals surface area contributed by atoms with Gasteiger partial charge in [0, 0.05) is 22.9 Å². The highest BCUT2D eigenvalue weighted by molar-refractivity contribution is 6.22. The number of rotatable bonds is 7. The van der Waals surface area contributed by atoms with Crippen molar-refractivity contribution in [1.29, 1.82) is 5.41 Å². The molecule has 0 saturated carbocycles. The molecule has 0 bridgehead atoms. The molecule has 0 amide bonds. The number of anilines is 2. The van der Waals surface area contributed by atoms with Gasteiger partial charge < -0.3 is 20.8 Å². The Morgan fingerprint density at radius 1 is 1.09 bits per heavy atom. The van der Waals surface area contributed by atoms with Crippen LogP contribution in [0.15, 0.2) is 89.7 Å². The number of aliphatic hydroxyl groups excluding tert-OH is 1. The lowest BCUT2D eigenvalue weighted by Crippen LogP contribution is -2.19. The maximum Gasteiger partial charge on any atom is 0.261 e. The number of nitrogens with zero attached hydrogens (tertiary/aromatic N) is 1. The lowest BCUT2D eigenvalue weighted by atomic mass is 9.97.